The lowest BCUT2D eigenvalue weighted by molar-refractivity contribution is -0.121. The summed E-state index contributed by atoms with van der Waals surface area (Å²) in [6.45, 7) is 9.87. The third kappa shape index (κ3) is 2.36. The Morgan fingerprint density at radius 2 is 1.87 bits per heavy atom. The van der Waals surface area contributed by atoms with Crippen molar-refractivity contribution in [3.63, 3.8) is 0 Å². The largest absolute Gasteiger partial charge is 0.328 e. The van der Waals surface area contributed by atoms with Crippen molar-refractivity contribution in [1.82, 2.24) is 10.2 Å². The van der Waals surface area contributed by atoms with Crippen molar-refractivity contribution in [3.8, 4) is 0 Å². The number of piperidine rings is 1. The number of carbonyl (C=O) groups is 3. The minimum absolute atomic E-state index is 0.127. The van der Waals surface area contributed by atoms with E-state index in [0.29, 0.717) is 23.2 Å². The monoisotopic (exact) mass is 312 g/mol. The molecule has 0 radical (unpaired) electrons. The van der Waals surface area contributed by atoms with E-state index in [0.717, 1.165) is 5.56 Å². The molecule has 3 rings (SSSR count). The van der Waals surface area contributed by atoms with Gasteiger partial charge in [-0.2, -0.15) is 0 Å². The minimum atomic E-state index is -0.479. The summed E-state index contributed by atoms with van der Waals surface area (Å²) in [5.74, 6) is -0.727. The molecule has 0 aromatic heterocycles. The molecule has 1 fully saturated rings. The number of hydrogen-bond acceptors (Lipinski definition) is 3. The second-order valence-corrected chi connectivity index (χ2v) is 7.09. The second kappa shape index (κ2) is 5.05. The SMILES string of the molecule is C=C1NC(=O)CCC1N1C(=O)c2cccc(C(C)(C)C)c2C1=O. The fraction of sp³-hybridized carbons (Fsp3) is 0.389. The minimum Gasteiger partial charge on any atom is -0.328 e. The van der Waals surface area contributed by atoms with Crippen molar-refractivity contribution < 1.29 is 14.4 Å². The fourth-order valence-electron chi connectivity index (χ4n) is 3.26. The summed E-state index contributed by atoms with van der Waals surface area (Å²) in [6, 6.07) is 4.92. The van der Waals surface area contributed by atoms with Crippen LogP contribution in [-0.4, -0.2) is 28.7 Å². The van der Waals surface area contributed by atoms with Gasteiger partial charge in [0.05, 0.1) is 17.2 Å². The number of nitrogens with zero attached hydrogens (tertiary/aromatic N) is 1. The molecule has 0 spiro atoms. The van der Waals surface area contributed by atoms with Gasteiger partial charge in [0.1, 0.15) is 0 Å². The summed E-state index contributed by atoms with van der Waals surface area (Å²) >= 11 is 0. The molecule has 1 aromatic rings. The zero-order valence-electron chi connectivity index (χ0n) is 13.6. The first-order valence-electron chi connectivity index (χ1n) is 7.72. The van der Waals surface area contributed by atoms with Crippen LogP contribution in [0.2, 0.25) is 0 Å². The van der Waals surface area contributed by atoms with E-state index < -0.39 is 6.04 Å². The molecule has 1 unspecified atom stereocenters. The van der Waals surface area contributed by atoms with Crippen LogP contribution in [0, 0.1) is 0 Å². The summed E-state index contributed by atoms with van der Waals surface area (Å²) in [4.78, 5) is 38.4. The van der Waals surface area contributed by atoms with Gasteiger partial charge in [-0.25, -0.2) is 0 Å². The number of benzene rings is 1. The van der Waals surface area contributed by atoms with E-state index in [9.17, 15) is 14.4 Å². The smallest absolute Gasteiger partial charge is 0.262 e. The van der Waals surface area contributed by atoms with Gasteiger partial charge in [-0.05, 0) is 23.5 Å². The van der Waals surface area contributed by atoms with Gasteiger partial charge >= 0.3 is 0 Å². The Kier molecular flexibility index (Phi) is 3.39. The van der Waals surface area contributed by atoms with Crippen molar-refractivity contribution >= 4 is 17.7 Å². The van der Waals surface area contributed by atoms with Gasteiger partial charge in [0.15, 0.2) is 0 Å². The van der Waals surface area contributed by atoms with Gasteiger partial charge < -0.3 is 5.32 Å². The first-order valence-corrected chi connectivity index (χ1v) is 7.72. The molecular formula is C18H20N2O3. The van der Waals surface area contributed by atoms with E-state index >= 15 is 0 Å². The molecule has 1 N–H and O–H groups in total. The van der Waals surface area contributed by atoms with Gasteiger partial charge in [0.25, 0.3) is 11.8 Å². The normalized spacial score (nSPS) is 21.5. The van der Waals surface area contributed by atoms with Gasteiger partial charge in [-0.15, -0.1) is 0 Å². The van der Waals surface area contributed by atoms with E-state index in [-0.39, 0.29) is 29.6 Å². The number of nitrogens with one attached hydrogen (secondary N) is 1. The van der Waals surface area contributed by atoms with Crippen LogP contribution in [-0.2, 0) is 10.2 Å². The number of amides is 3. The maximum atomic E-state index is 13.0. The Labute approximate surface area is 135 Å². The molecule has 2 aliphatic heterocycles. The summed E-state index contributed by atoms with van der Waals surface area (Å²) in [5, 5.41) is 2.64. The molecule has 1 atom stereocenters. The standard InChI is InChI=1S/C18H20N2O3/c1-10-13(8-9-14(21)19-10)20-16(22)11-6-5-7-12(18(2,3)4)15(11)17(20)23/h5-7,13H,1,8-9H2,2-4H3,(H,19,21). The average Bonchev–Trinajstić information content (AvgIpc) is 2.71. The van der Waals surface area contributed by atoms with Gasteiger partial charge in [-0.1, -0.05) is 39.5 Å². The first-order chi connectivity index (χ1) is 10.7. The quantitative estimate of drug-likeness (QED) is 0.810. The number of hydrogen-bond donors (Lipinski definition) is 1. The Morgan fingerprint density at radius 3 is 2.48 bits per heavy atom. The predicted molar refractivity (Wildman–Crippen MR) is 85.9 cm³/mol. The zero-order chi connectivity index (χ0) is 16.9. The molecule has 2 aliphatic rings. The van der Waals surface area contributed by atoms with E-state index in [2.05, 4.69) is 11.9 Å². The highest BCUT2D eigenvalue weighted by molar-refractivity contribution is 6.22. The maximum Gasteiger partial charge on any atom is 0.262 e. The molecule has 0 bridgehead atoms. The van der Waals surface area contributed by atoms with E-state index in [1.54, 1.807) is 6.07 Å². The predicted octanol–water partition coefficient (Wildman–Crippen LogP) is 2.37. The van der Waals surface area contributed by atoms with Crippen LogP contribution in [0.5, 0.6) is 0 Å². The first kappa shape index (κ1) is 15.5. The fourth-order valence-corrected chi connectivity index (χ4v) is 3.26. The zero-order valence-corrected chi connectivity index (χ0v) is 13.6. The number of carbonyl (C=O) groups excluding carboxylic acids is 3. The van der Waals surface area contributed by atoms with Crippen molar-refractivity contribution in [2.75, 3.05) is 0 Å². The highest BCUT2D eigenvalue weighted by Crippen LogP contribution is 2.35. The lowest BCUT2D eigenvalue weighted by Gasteiger charge is -2.31. The Hall–Kier alpha value is -2.43. The maximum absolute atomic E-state index is 13.0. The van der Waals surface area contributed by atoms with Crippen LogP contribution in [0.4, 0.5) is 0 Å². The molecule has 0 saturated carbocycles. The summed E-state index contributed by atoms with van der Waals surface area (Å²) < 4.78 is 0. The highest BCUT2D eigenvalue weighted by atomic mass is 16.2. The van der Waals surface area contributed by atoms with Crippen molar-refractivity contribution in [2.24, 2.45) is 0 Å². The molecule has 5 nitrogen and oxygen atoms in total. The van der Waals surface area contributed by atoms with E-state index in [4.69, 9.17) is 0 Å². The molecule has 5 heteroatoms. The summed E-state index contributed by atoms with van der Waals surface area (Å²) in [7, 11) is 0. The molecule has 1 aromatic carbocycles. The van der Waals surface area contributed by atoms with Crippen LogP contribution in [0.15, 0.2) is 30.5 Å². The van der Waals surface area contributed by atoms with Crippen molar-refractivity contribution in [1.29, 1.82) is 0 Å². The van der Waals surface area contributed by atoms with Crippen LogP contribution >= 0.6 is 0 Å². The average molecular weight is 312 g/mol. The van der Waals surface area contributed by atoms with E-state index in [1.165, 1.54) is 4.90 Å². The van der Waals surface area contributed by atoms with Gasteiger partial charge in [0, 0.05) is 12.1 Å². The number of imide groups is 1. The third-order valence-corrected chi connectivity index (χ3v) is 4.41. The highest BCUT2D eigenvalue weighted by Gasteiger charge is 2.44. The number of rotatable bonds is 1. The van der Waals surface area contributed by atoms with Crippen LogP contribution in [0.3, 0.4) is 0 Å². The van der Waals surface area contributed by atoms with Crippen LogP contribution in [0.1, 0.15) is 59.9 Å². The molecule has 23 heavy (non-hydrogen) atoms. The molecule has 3 amide bonds. The van der Waals surface area contributed by atoms with Gasteiger partial charge in [0.2, 0.25) is 5.91 Å². The Bertz CT molecular complexity index is 743. The Balaban J connectivity index is 2.05. The topological polar surface area (TPSA) is 66.5 Å². The third-order valence-electron chi connectivity index (χ3n) is 4.41. The van der Waals surface area contributed by atoms with E-state index in [1.807, 2.05) is 32.9 Å². The van der Waals surface area contributed by atoms with Crippen LogP contribution in [0.25, 0.3) is 0 Å². The number of fused-ring (bicyclic) bond motifs is 1. The molecule has 1 saturated heterocycles. The van der Waals surface area contributed by atoms with Gasteiger partial charge in [-0.3, -0.25) is 19.3 Å². The van der Waals surface area contributed by atoms with Crippen molar-refractivity contribution in [2.45, 2.75) is 45.1 Å². The second-order valence-electron chi connectivity index (χ2n) is 7.09. The van der Waals surface area contributed by atoms with Crippen LogP contribution < -0.4 is 5.32 Å². The molecular weight excluding hydrogens is 292 g/mol. The molecule has 0 aliphatic carbocycles. The molecule has 2 heterocycles. The lowest BCUT2D eigenvalue weighted by Crippen LogP contribution is -2.48. The molecule has 120 valence electrons. The van der Waals surface area contributed by atoms with Crippen molar-refractivity contribution in [3.05, 3.63) is 47.2 Å². The Morgan fingerprint density at radius 1 is 1.17 bits per heavy atom. The summed E-state index contributed by atoms with van der Waals surface area (Å²) in [5.41, 5.74) is 1.95. The summed E-state index contributed by atoms with van der Waals surface area (Å²) in [6.07, 6.45) is 0.699. The lowest BCUT2D eigenvalue weighted by atomic mass is 9.82.